The van der Waals surface area contributed by atoms with Crippen molar-refractivity contribution in [1.29, 1.82) is 5.26 Å². The van der Waals surface area contributed by atoms with E-state index in [0.717, 1.165) is 24.2 Å². The first-order valence-electron chi connectivity index (χ1n) is 6.22. The molecule has 0 aliphatic heterocycles. The summed E-state index contributed by atoms with van der Waals surface area (Å²) >= 11 is 1.11. The van der Waals surface area contributed by atoms with Gasteiger partial charge in [0, 0.05) is 6.04 Å². The zero-order valence-electron chi connectivity index (χ0n) is 11.4. The van der Waals surface area contributed by atoms with Gasteiger partial charge in [-0.25, -0.2) is 8.42 Å². The number of hydrogen-bond acceptors (Lipinski definition) is 6. The molecule has 0 fully saturated rings. The van der Waals surface area contributed by atoms with E-state index in [4.69, 9.17) is 11.0 Å². The van der Waals surface area contributed by atoms with E-state index in [1.807, 2.05) is 19.9 Å². The zero-order chi connectivity index (χ0) is 14.6. The predicted molar refractivity (Wildman–Crippen MR) is 79.2 cm³/mol. The number of thiophene rings is 1. The summed E-state index contributed by atoms with van der Waals surface area (Å²) in [6, 6.07) is 2.13. The van der Waals surface area contributed by atoms with Crippen molar-refractivity contribution in [3.8, 4) is 6.07 Å². The third-order valence-corrected chi connectivity index (χ3v) is 5.99. The number of nitrogens with two attached hydrogens (primary N) is 1. The molecule has 3 N–H and O–H groups in total. The van der Waals surface area contributed by atoms with Gasteiger partial charge in [-0.1, -0.05) is 20.8 Å². The molecule has 0 aliphatic carbocycles. The molecule has 5 nitrogen and oxygen atoms in total. The summed E-state index contributed by atoms with van der Waals surface area (Å²) in [6.07, 6.45) is 1.75. The molecule has 1 aromatic rings. The van der Waals surface area contributed by atoms with Crippen LogP contribution < -0.4 is 11.1 Å². The maximum absolute atomic E-state index is 12.1. The minimum absolute atomic E-state index is 0.0314. The van der Waals surface area contributed by atoms with Gasteiger partial charge in [-0.2, -0.15) is 5.26 Å². The lowest BCUT2D eigenvalue weighted by atomic mass is 10.2. The van der Waals surface area contributed by atoms with Gasteiger partial charge in [0.15, 0.2) is 9.84 Å². The highest BCUT2D eigenvalue weighted by Gasteiger charge is 2.26. The van der Waals surface area contributed by atoms with Crippen LogP contribution in [-0.2, 0) is 9.84 Å². The number of nitrogen functional groups attached to an aromatic ring is 1. The van der Waals surface area contributed by atoms with Gasteiger partial charge in [0.25, 0.3) is 0 Å². The topological polar surface area (TPSA) is 96.0 Å². The molecule has 0 aliphatic rings. The molecule has 0 unspecified atom stereocenters. The Labute approximate surface area is 118 Å². The smallest absolute Gasteiger partial charge is 0.183 e. The van der Waals surface area contributed by atoms with Gasteiger partial charge in [0.2, 0.25) is 0 Å². The second-order valence-corrected chi connectivity index (χ2v) is 7.41. The van der Waals surface area contributed by atoms with Gasteiger partial charge in [-0.15, -0.1) is 11.3 Å². The van der Waals surface area contributed by atoms with E-state index >= 15 is 0 Å². The molecule has 0 spiro atoms. The maximum atomic E-state index is 12.1. The van der Waals surface area contributed by atoms with Crippen molar-refractivity contribution in [3.05, 3.63) is 4.88 Å². The number of sulfone groups is 1. The molecule has 1 rings (SSSR count). The highest BCUT2D eigenvalue weighted by molar-refractivity contribution is 7.91. The van der Waals surface area contributed by atoms with Crippen LogP contribution in [0.5, 0.6) is 0 Å². The minimum atomic E-state index is -3.44. The van der Waals surface area contributed by atoms with Crippen LogP contribution in [0, 0.1) is 11.3 Å². The molecule has 0 radical (unpaired) electrons. The Morgan fingerprint density at radius 1 is 1.37 bits per heavy atom. The Morgan fingerprint density at radius 2 is 1.95 bits per heavy atom. The summed E-state index contributed by atoms with van der Waals surface area (Å²) in [7, 11) is -3.44. The zero-order valence-corrected chi connectivity index (χ0v) is 13.0. The van der Waals surface area contributed by atoms with Crippen LogP contribution in [0.3, 0.4) is 0 Å². The lowest BCUT2D eigenvalue weighted by Gasteiger charge is -2.16. The monoisotopic (exact) mass is 301 g/mol. The third kappa shape index (κ3) is 3.19. The van der Waals surface area contributed by atoms with Crippen molar-refractivity contribution in [2.75, 3.05) is 16.8 Å². The first-order valence-corrected chi connectivity index (χ1v) is 8.69. The molecule has 1 heterocycles. The van der Waals surface area contributed by atoms with Gasteiger partial charge in [-0.3, -0.25) is 0 Å². The van der Waals surface area contributed by atoms with Crippen molar-refractivity contribution in [2.24, 2.45) is 0 Å². The Hall–Kier alpha value is -1.26. The van der Waals surface area contributed by atoms with Crippen LogP contribution in [0.4, 0.5) is 10.7 Å². The molecule has 106 valence electrons. The van der Waals surface area contributed by atoms with Crippen molar-refractivity contribution in [1.82, 2.24) is 0 Å². The van der Waals surface area contributed by atoms with Crippen molar-refractivity contribution >= 4 is 31.9 Å². The van der Waals surface area contributed by atoms with Crippen LogP contribution in [0.1, 0.15) is 38.5 Å². The molecule has 0 amide bonds. The molecule has 0 atom stereocenters. The quantitative estimate of drug-likeness (QED) is 0.842. The molecule has 0 bridgehead atoms. The summed E-state index contributed by atoms with van der Waals surface area (Å²) in [4.78, 5) is 0.337. The molecule has 0 aromatic carbocycles. The Bertz CT molecular complexity index is 581. The summed E-state index contributed by atoms with van der Waals surface area (Å²) < 4.78 is 24.2. The highest BCUT2D eigenvalue weighted by atomic mass is 32.2. The highest BCUT2D eigenvalue weighted by Crippen LogP contribution is 2.39. The number of nitrogens with one attached hydrogen (secondary N) is 1. The summed E-state index contributed by atoms with van der Waals surface area (Å²) in [6.45, 7) is 5.62. The first-order chi connectivity index (χ1) is 8.91. The second kappa shape index (κ2) is 6.26. The fraction of sp³-hybridized carbons (Fsp3) is 0.583. The van der Waals surface area contributed by atoms with Crippen LogP contribution in [0.25, 0.3) is 0 Å². The predicted octanol–water partition coefficient (Wildman–Crippen LogP) is 2.60. The summed E-state index contributed by atoms with van der Waals surface area (Å²) in [5.74, 6) is -0.0314. The number of rotatable bonds is 6. The first kappa shape index (κ1) is 15.8. The summed E-state index contributed by atoms with van der Waals surface area (Å²) in [5, 5.41) is 12.7. The molecule has 7 heteroatoms. The standard InChI is InChI=1S/C12H19N3O2S2/c1-4-8(5-2)15-12-11(19(16,17)6-3)10(14)9(7-13)18-12/h8,15H,4-6,14H2,1-3H3. The maximum Gasteiger partial charge on any atom is 0.183 e. The lowest BCUT2D eigenvalue weighted by molar-refractivity contribution is 0.597. The largest absolute Gasteiger partial charge is 0.396 e. The van der Waals surface area contributed by atoms with E-state index in [1.165, 1.54) is 0 Å². The van der Waals surface area contributed by atoms with Crippen LogP contribution in [0.2, 0.25) is 0 Å². The van der Waals surface area contributed by atoms with Crippen LogP contribution >= 0.6 is 11.3 Å². The average Bonchev–Trinajstić information content (AvgIpc) is 2.72. The van der Waals surface area contributed by atoms with Crippen molar-refractivity contribution in [3.63, 3.8) is 0 Å². The second-order valence-electron chi connectivity index (χ2n) is 4.18. The van der Waals surface area contributed by atoms with Crippen LogP contribution in [-0.4, -0.2) is 20.2 Å². The number of nitrogens with zero attached hydrogens (tertiary/aromatic N) is 1. The summed E-state index contributed by atoms with van der Waals surface area (Å²) in [5.41, 5.74) is 5.88. The fourth-order valence-electron chi connectivity index (χ4n) is 1.74. The molecule has 0 saturated heterocycles. The number of hydrogen-bond donors (Lipinski definition) is 2. The van der Waals surface area contributed by atoms with Gasteiger partial charge < -0.3 is 11.1 Å². The van der Waals surface area contributed by atoms with Crippen LogP contribution in [0.15, 0.2) is 4.90 Å². The van der Waals surface area contributed by atoms with Gasteiger partial charge >= 0.3 is 0 Å². The van der Waals surface area contributed by atoms with Crippen molar-refractivity contribution < 1.29 is 8.42 Å². The molecule has 19 heavy (non-hydrogen) atoms. The number of anilines is 2. The Balaban J connectivity index is 3.36. The number of nitriles is 1. The van der Waals surface area contributed by atoms with E-state index < -0.39 is 9.84 Å². The molecular weight excluding hydrogens is 282 g/mol. The van der Waals surface area contributed by atoms with Gasteiger partial charge in [0.1, 0.15) is 20.8 Å². The minimum Gasteiger partial charge on any atom is -0.396 e. The SMILES string of the molecule is CCC(CC)Nc1sc(C#N)c(N)c1S(=O)(=O)CC. The average molecular weight is 301 g/mol. The lowest BCUT2D eigenvalue weighted by Crippen LogP contribution is -2.18. The van der Waals surface area contributed by atoms with E-state index in [1.54, 1.807) is 6.92 Å². The Morgan fingerprint density at radius 3 is 2.37 bits per heavy atom. The fourth-order valence-corrected chi connectivity index (χ4v) is 4.27. The third-order valence-electron chi connectivity index (χ3n) is 3.01. The Kier molecular flexibility index (Phi) is 5.20. The van der Waals surface area contributed by atoms with E-state index in [0.29, 0.717) is 5.00 Å². The van der Waals surface area contributed by atoms with Crippen molar-refractivity contribution in [2.45, 2.75) is 44.6 Å². The molecular formula is C12H19N3O2S2. The molecule has 1 aromatic heterocycles. The van der Waals surface area contributed by atoms with E-state index in [-0.39, 0.29) is 27.3 Å². The van der Waals surface area contributed by atoms with E-state index in [2.05, 4.69) is 5.32 Å². The van der Waals surface area contributed by atoms with Gasteiger partial charge in [0.05, 0.1) is 11.4 Å². The molecule has 0 saturated carbocycles. The normalized spacial score (nSPS) is 11.5. The van der Waals surface area contributed by atoms with E-state index in [9.17, 15) is 8.42 Å². The van der Waals surface area contributed by atoms with Gasteiger partial charge in [-0.05, 0) is 12.8 Å².